The molecule has 0 spiro atoms. The quantitative estimate of drug-likeness (QED) is 0.864. The summed E-state index contributed by atoms with van der Waals surface area (Å²) in [6, 6.07) is 5.12. The smallest absolute Gasteiger partial charge is 0.307 e. The van der Waals surface area contributed by atoms with Crippen molar-refractivity contribution in [1.29, 1.82) is 0 Å². The van der Waals surface area contributed by atoms with E-state index in [1.165, 1.54) is 0 Å². The van der Waals surface area contributed by atoms with Crippen molar-refractivity contribution in [3.05, 3.63) is 39.9 Å². The Morgan fingerprint density at radius 1 is 1.36 bits per heavy atom. The first-order valence-corrected chi connectivity index (χ1v) is 4.68. The van der Waals surface area contributed by atoms with Crippen molar-refractivity contribution >= 4 is 35.2 Å². The van der Waals surface area contributed by atoms with Crippen LogP contribution >= 0.6 is 23.2 Å². The van der Waals surface area contributed by atoms with E-state index in [0.717, 1.165) is 5.56 Å². The fourth-order valence-electron chi connectivity index (χ4n) is 0.912. The topological polar surface area (TPSA) is 37.3 Å². The summed E-state index contributed by atoms with van der Waals surface area (Å²) in [4.78, 5) is 10.2. The number of aliphatic carboxylic acids is 1. The lowest BCUT2D eigenvalue weighted by atomic mass is 10.2. The van der Waals surface area contributed by atoms with Gasteiger partial charge in [0.1, 0.15) is 0 Å². The lowest BCUT2D eigenvalue weighted by molar-refractivity contribution is -0.135. The van der Waals surface area contributed by atoms with Crippen LogP contribution in [0, 0.1) is 0 Å². The van der Waals surface area contributed by atoms with Gasteiger partial charge in [-0.3, -0.25) is 4.79 Å². The highest BCUT2D eigenvalue weighted by atomic mass is 35.5. The molecule has 0 radical (unpaired) electrons. The normalized spacial score (nSPS) is 10.7. The zero-order valence-corrected chi connectivity index (χ0v) is 8.72. The number of carbonyl (C=O) groups is 1. The van der Waals surface area contributed by atoms with E-state index in [4.69, 9.17) is 28.3 Å². The Kier molecular flexibility index (Phi) is 3.98. The minimum Gasteiger partial charge on any atom is -0.481 e. The third kappa shape index (κ3) is 3.40. The van der Waals surface area contributed by atoms with Gasteiger partial charge in [-0.1, -0.05) is 41.4 Å². The second-order valence-electron chi connectivity index (χ2n) is 2.67. The van der Waals surface area contributed by atoms with Gasteiger partial charge in [-0.15, -0.1) is 0 Å². The molecule has 1 aromatic rings. The summed E-state index contributed by atoms with van der Waals surface area (Å²) in [5.41, 5.74) is 0.834. The molecule has 1 rings (SSSR count). The number of carboxylic acid groups (broad SMARTS) is 1. The Hall–Kier alpha value is -0.990. The van der Waals surface area contributed by atoms with Gasteiger partial charge in [0, 0.05) is 0 Å². The first-order valence-electron chi connectivity index (χ1n) is 3.93. The standard InChI is InChI=1S/C10H8Cl2O2/c11-8-5-4-7(6-9(8)12)2-1-3-10(13)14/h1-2,4-6H,3H2,(H,13,14). The molecule has 14 heavy (non-hydrogen) atoms. The van der Waals surface area contributed by atoms with Crippen LogP contribution in [0.3, 0.4) is 0 Å². The maximum Gasteiger partial charge on any atom is 0.307 e. The van der Waals surface area contributed by atoms with Crippen LogP contribution in [0.1, 0.15) is 12.0 Å². The lowest BCUT2D eigenvalue weighted by Gasteiger charge is -1.96. The summed E-state index contributed by atoms with van der Waals surface area (Å²) in [6.07, 6.45) is 3.25. The number of hydrogen-bond acceptors (Lipinski definition) is 1. The molecule has 0 heterocycles. The fourth-order valence-corrected chi connectivity index (χ4v) is 1.22. The molecule has 74 valence electrons. The third-order valence-electron chi connectivity index (χ3n) is 1.55. The van der Waals surface area contributed by atoms with Crippen LogP contribution in [0.5, 0.6) is 0 Å². The molecule has 0 saturated heterocycles. The van der Waals surface area contributed by atoms with Gasteiger partial charge in [0.05, 0.1) is 16.5 Å². The number of halogens is 2. The molecular weight excluding hydrogens is 223 g/mol. The maximum atomic E-state index is 10.2. The molecule has 4 heteroatoms. The second kappa shape index (κ2) is 5.03. The number of rotatable bonds is 3. The van der Waals surface area contributed by atoms with Gasteiger partial charge in [-0.05, 0) is 17.7 Å². The van der Waals surface area contributed by atoms with Gasteiger partial charge < -0.3 is 5.11 Å². The number of hydrogen-bond donors (Lipinski definition) is 1. The van der Waals surface area contributed by atoms with Crippen molar-refractivity contribution in [1.82, 2.24) is 0 Å². The molecule has 1 aromatic carbocycles. The maximum absolute atomic E-state index is 10.2. The summed E-state index contributed by atoms with van der Waals surface area (Å²) in [5, 5.41) is 9.34. The van der Waals surface area contributed by atoms with E-state index in [1.807, 2.05) is 0 Å². The molecule has 0 aliphatic carbocycles. The Morgan fingerprint density at radius 3 is 2.64 bits per heavy atom. The SMILES string of the molecule is O=C(O)CC=Cc1ccc(Cl)c(Cl)c1. The second-order valence-corrected chi connectivity index (χ2v) is 3.49. The predicted octanol–water partition coefficient (Wildman–Crippen LogP) is 3.48. The van der Waals surface area contributed by atoms with E-state index in [1.54, 1.807) is 30.4 Å². The molecule has 0 unspecified atom stereocenters. The van der Waals surface area contributed by atoms with Crippen LogP contribution in [0.4, 0.5) is 0 Å². The van der Waals surface area contributed by atoms with E-state index < -0.39 is 5.97 Å². The van der Waals surface area contributed by atoms with Crippen LogP contribution in [0.15, 0.2) is 24.3 Å². The zero-order valence-electron chi connectivity index (χ0n) is 7.21. The minimum atomic E-state index is -0.860. The monoisotopic (exact) mass is 230 g/mol. The van der Waals surface area contributed by atoms with E-state index in [0.29, 0.717) is 10.0 Å². The molecule has 0 fully saturated rings. The summed E-state index contributed by atoms with van der Waals surface area (Å²) in [5.74, 6) is -0.860. The van der Waals surface area contributed by atoms with Crippen molar-refractivity contribution in [3.63, 3.8) is 0 Å². The van der Waals surface area contributed by atoms with Crippen molar-refractivity contribution in [2.45, 2.75) is 6.42 Å². The average molecular weight is 231 g/mol. The van der Waals surface area contributed by atoms with Crippen LogP contribution in [-0.4, -0.2) is 11.1 Å². The van der Waals surface area contributed by atoms with Crippen molar-refractivity contribution < 1.29 is 9.90 Å². The Bertz CT molecular complexity index is 372. The Morgan fingerprint density at radius 2 is 2.07 bits per heavy atom. The van der Waals surface area contributed by atoms with Crippen molar-refractivity contribution in [2.75, 3.05) is 0 Å². The van der Waals surface area contributed by atoms with Gasteiger partial charge in [-0.25, -0.2) is 0 Å². The molecule has 0 aliphatic rings. The van der Waals surface area contributed by atoms with Crippen molar-refractivity contribution in [3.8, 4) is 0 Å². The first-order chi connectivity index (χ1) is 6.59. The summed E-state index contributed by atoms with van der Waals surface area (Å²) < 4.78 is 0. The lowest BCUT2D eigenvalue weighted by Crippen LogP contribution is -1.89. The highest BCUT2D eigenvalue weighted by Gasteiger charge is 1.96. The summed E-state index contributed by atoms with van der Waals surface area (Å²) >= 11 is 11.5. The summed E-state index contributed by atoms with van der Waals surface area (Å²) in [7, 11) is 0. The van der Waals surface area contributed by atoms with Gasteiger partial charge in [-0.2, -0.15) is 0 Å². The van der Waals surface area contributed by atoms with Gasteiger partial charge in [0.25, 0.3) is 0 Å². The molecule has 2 nitrogen and oxygen atoms in total. The first kappa shape index (κ1) is 11.1. The van der Waals surface area contributed by atoms with Gasteiger partial charge >= 0.3 is 5.97 Å². The number of carboxylic acids is 1. The van der Waals surface area contributed by atoms with E-state index >= 15 is 0 Å². The van der Waals surface area contributed by atoms with E-state index in [2.05, 4.69) is 0 Å². The average Bonchev–Trinajstić information content (AvgIpc) is 2.10. The van der Waals surface area contributed by atoms with Gasteiger partial charge in [0.15, 0.2) is 0 Å². The highest BCUT2D eigenvalue weighted by molar-refractivity contribution is 6.42. The molecule has 0 aromatic heterocycles. The summed E-state index contributed by atoms with van der Waals surface area (Å²) in [6.45, 7) is 0. The molecule has 0 atom stereocenters. The number of benzene rings is 1. The Balaban J connectivity index is 2.73. The van der Waals surface area contributed by atoms with E-state index in [9.17, 15) is 4.79 Å². The minimum absolute atomic E-state index is 0.000244. The van der Waals surface area contributed by atoms with Crippen LogP contribution in [0.2, 0.25) is 10.0 Å². The largest absolute Gasteiger partial charge is 0.481 e. The molecule has 0 amide bonds. The molecule has 0 bridgehead atoms. The predicted molar refractivity (Wildman–Crippen MR) is 57.7 cm³/mol. The fraction of sp³-hybridized carbons (Fsp3) is 0.100. The van der Waals surface area contributed by atoms with Crippen LogP contribution in [0.25, 0.3) is 6.08 Å². The van der Waals surface area contributed by atoms with Crippen molar-refractivity contribution in [2.24, 2.45) is 0 Å². The highest BCUT2D eigenvalue weighted by Crippen LogP contribution is 2.23. The molecular formula is C10H8Cl2O2. The van der Waals surface area contributed by atoms with E-state index in [-0.39, 0.29) is 6.42 Å². The van der Waals surface area contributed by atoms with Crippen LogP contribution in [-0.2, 0) is 4.79 Å². The van der Waals surface area contributed by atoms with Gasteiger partial charge in [0.2, 0.25) is 0 Å². The zero-order chi connectivity index (χ0) is 10.6. The third-order valence-corrected chi connectivity index (χ3v) is 2.29. The van der Waals surface area contributed by atoms with Crippen LogP contribution < -0.4 is 0 Å². The molecule has 0 aliphatic heterocycles. The Labute approximate surface area is 91.8 Å². The molecule has 0 saturated carbocycles. The molecule has 1 N–H and O–H groups in total.